The van der Waals surface area contributed by atoms with Gasteiger partial charge in [0.05, 0.1) is 32.5 Å². The molecule has 0 radical (unpaired) electrons. The van der Waals surface area contributed by atoms with Crippen LogP contribution in [-0.2, 0) is 14.2 Å². The molecule has 0 rings (SSSR count). The fourth-order valence-electron chi connectivity index (χ4n) is 1.26. The summed E-state index contributed by atoms with van der Waals surface area (Å²) in [6.45, 7) is 7.97. The molecule has 0 spiro atoms. The van der Waals surface area contributed by atoms with Crippen molar-refractivity contribution in [3.63, 3.8) is 0 Å². The summed E-state index contributed by atoms with van der Waals surface area (Å²) in [5.74, 6) is 0. The van der Waals surface area contributed by atoms with Gasteiger partial charge in [-0.3, -0.25) is 0 Å². The van der Waals surface area contributed by atoms with E-state index in [1.54, 1.807) is 6.92 Å². The summed E-state index contributed by atoms with van der Waals surface area (Å²) < 4.78 is 15.7. The highest BCUT2D eigenvalue weighted by molar-refractivity contribution is 4.49. The van der Waals surface area contributed by atoms with Crippen molar-refractivity contribution in [2.75, 3.05) is 26.4 Å². The van der Waals surface area contributed by atoms with Crippen LogP contribution in [0.2, 0.25) is 0 Å². The van der Waals surface area contributed by atoms with E-state index in [4.69, 9.17) is 19.3 Å². The van der Waals surface area contributed by atoms with Gasteiger partial charge in [-0.1, -0.05) is 19.8 Å². The molecule has 98 valence electrons. The summed E-state index contributed by atoms with van der Waals surface area (Å²) in [6, 6.07) is 0. The van der Waals surface area contributed by atoms with Gasteiger partial charge in [0.2, 0.25) is 0 Å². The molecule has 0 saturated heterocycles. The van der Waals surface area contributed by atoms with E-state index < -0.39 is 6.29 Å². The third-order valence-corrected chi connectivity index (χ3v) is 2.18. The van der Waals surface area contributed by atoms with Crippen molar-refractivity contribution in [2.24, 2.45) is 0 Å². The van der Waals surface area contributed by atoms with Gasteiger partial charge >= 0.3 is 0 Å². The van der Waals surface area contributed by atoms with Gasteiger partial charge in [0.15, 0.2) is 6.29 Å². The zero-order chi connectivity index (χ0) is 12.2. The van der Waals surface area contributed by atoms with E-state index in [2.05, 4.69) is 13.8 Å². The van der Waals surface area contributed by atoms with E-state index >= 15 is 0 Å². The Kier molecular flexibility index (Phi) is 11.2. The van der Waals surface area contributed by atoms with Gasteiger partial charge in [0, 0.05) is 0 Å². The first-order chi connectivity index (χ1) is 7.66. The average Bonchev–Trinajstić information content (AvgIpc) is 2.24. The Morgan fingerprint density at radius 2 is 1.62 bits per heavy atom. The highest BCUT2D eigenvalue weighted by Gasteiger charge is 2.00. The fraction of sp³-hybridized carbons (Fsp3) is 1.00. The summed E-state index contributed by atoms with van der Waals surface area (Å²) in [7, 11) is 0. The number of aliphatic hydroxyl groups is 1. The van der Waals surface area contributed by atoms with Gasteiger partial charge in [-0.25, -0.2) is 0 Å². The van der Waals surface area contributed by atoms with Crippen LogP contribution in [-0.4, -0.2) is 43.9 Å². The lowest BCUT2D eigenvalue weighted by atomic mass is 10.2. The van der Waals surface area contributed by atoms with Crippen LogP contribution >= 0.6 is 0 Å². The largest absolute Gasteiger partial charge is 0.377 e. The second-order valence-corrected chi connectivity index (χ2v) is 3.91. The Bertz CT molecular complexity index is 139. The minimum absolute atomic E-state index is 0.317. The first-order valence-corrected chi connectivity index (χ1v) is 6.15. The van der Waals surface area contributed by atoms with Crippen molar-refractivity contribution in [3.05, 3.63) is 0 Å². The van der Waals surface area contributed by atoms with E-state index in [-0.39, 0.29) is 0 Å². The van der Waals surface area contributed by atoms with Crippen LogP contribution in [0, 0.1) is 0 Å². The SMILES string of the molecule is CCCCC(C)OCCOCCOC(C)O. The number of rotatable bonds is 11. The maximum absolute atomic E-state index is 8.81. The smallest absolute Gasteiger partial charge is 0.151 e. The van der Waals surface area contributed by atoms with Gasteiger partial charge < -0.3 is 19.3 Å². The topological polar surface area (TPSA) is 47.9 Å². The summed E-state index contributed by atoms with van der Waals surface area (Å²) in [4.78, 5) is 0. The number of unbranched alkanes of at least 4 members (excludes halogenated alkanes) is 1. The first-order valence-electron chi connectivity index (χ1n) is 6.15. The van der Waals surface area contributed by atoms with Crippen molar-refractivity contribution < 1.29 is 19.3 Å². The van der Waals surface area contributed by atoms with Gasteiger partial charge in [0.1, 0.15) is 0 Å². The Morgan fingerprint density at radius 3 is 2.19 bits per heavy atom. The molecule has 0 aromatic heterocycles. The standard InChI is InChI=1S/C12H26O4/c1-4-5-6-11(2)15-9-7-14-8-10-16-12(3)13/h11-13H,4-10H2,1-3H3. The Labute approximate surface area is 98.9 Å². The number of hydrogen-bond acceptors (Lipinski definition) is 4. The normalized spacial score (nSPS) is 15.0. The zero-order valence-electron chi connectivity index (χ0n) is 10.8. The number of aliphatic hydroxyl groups excluding tert-OH is 1. The van der Waals surface area contributed by atoms with Crippen LogP contribution in [0.3, 0.4) is 0 Å². The molecular weight excluding hydrogens is 208 g/mol. The molecule has 0 aliphatic heterocycles. The Balaban J connectivity index is 3.08. The summed E-state index contributed by atoms with van der Waals surface area (Å²) >= 11 is 0. The Morgan fingerprint density at radius 1 is 1.00 bits per heavy atom. The molecule has 0 heterocycles. The predicted octanol–water partition coefficient (Wildman–Crippen LogP) is 1.95. The van der Waals surface area contributed by atoms with Crippen LogP contribution in [0.25, 0.3) is 0 Å². The average molecular weight is 234 g/mol. The van der Waals surface area contributed by atoms with Crippen LogP contribution < -0.4 is 0 Å². The molecule has 0 bridgehead atoms. The third-order valence-electron chi connectivity index (χ3n) is 2.18. The molecule has 0 aromatic rings. The van der Waals surface area contributed by atoms with Crippen LogP contribution in [0.4, 0.5) is 0 Å². The summed E-state index contributed by atoms with van der Waals surface area (Å²) in [5, 5.41) is 8.81. The van der Waals surface area contributed by atoms with Gasteiger partial charge in [0.25, 0.3) is 0 Å². The second kappa shape index (κ2) is 11.3. The minimum atomic E-state index is -0.714. The molecule has 1 N–H and O–H groups in total. The van der Waals surface area contributed by atoms with E-state index in [1.807, 2.05) is 0 Å². The lowest BCUT2D eigenvalue weighted by Gasteiger charge is -2.12. The monoisotopic (exact) mass is 234 g/mol. The quantitative estimate of drug-likeness (QED) is 0.438. The first kappa shape index (κ1) is 15.8. The lowest BCUT2D eigenvalue weighted by Crippen LogP contribution is -2.16. The molecule has 0 aromatic carbocycles. The molecule has 0 aliphatic rings. The third kappa shape index (κ3) is 11.9. The molecule has 4 nitrogen and oxygen atoms in total. The molecule has 2 atom stereocenters. The Hall–Kier alpha value is -0.160. The number of ether oxygens (including phenoxy) is 3. The van der Waals surface area contributed by atoms with Crippen molar-refractivity contribution in [1.82, 2.24) is 0 Å². The number of hydrogen-bond donors (Lipinski definition) is 1. The van der Waals surface area contributed by atoms with Crippen molar-refractivity contribution in [2.45, 2.75) is 52.4 Å². The van der Waals surface area contributed by atoms with Crippen molar-refractivity contribution >= 4 is 0 Å². The van der Waals surface area contributed by atoms with Gasteiger partial charge in [-0.05, 0) is 20.3 Å². The van der Waals surface area contributed by atoms with E-state index in [0.29, 0.717) is 32.5 Å². The van der Waals surface area contributed by atoms with E-state index in [1.165, 1.54) is 12.8 Å². The molecule has 4 heteroatoms. The molecule has 16 heavy (non-hydrogen) atoms. The van der Waals surface area contributed by atoms with Crippen LogP contribution in [0.15, 0.2) is 0 Å². The lowest BCUT2D eigenvalue weighted by molar-refractivity contribution is -0.102. The second-order valence-electron chi connectivity index (χ2n) is 3.91. The molecule has 0 aliphatic carbocycles. The maximum atomic E-state index is 8.81. The van der Waals surface area contributed by atoms with Crippen molar-refractivity contribution in [3.8, 4) is 0 Å². The fourth-order valence-corrected chi connectivity index (χ4v) is 1.26. The van der Waals surface area contributed by atoms with Crippen molar-refractivity contribution in [1.29, 1.82) is 0 Å². The predicted molar refractivity (Wildman–Crippen MR) is 63.4 cm³/mol. The molecular formula is C12H26O4. The minimum Gasteiger partial charge on any atom is -0.377 e. The summed E-state index contributed by atoms with van der Waals surface area (Å²) in [5.41, 5.74) is 0. The van der Waals surface area contributed by atoms with E-state index in [0.717, 1.165) is 6.42 Å². The highest BCUT2D eigenvalue weighted by atomic mass is 16.6. The highest BCUT2D eigenvalue weighted by Crippen LogP contribution is 2.03. The van der Waals surface area contributed by atoms with Crippen LogP contribution in [0.5, 0.6) is 0 Å². The van der Waals surface area contributed by atoms with Gasteiger partial charge in [-0.2, -0.15) is 0 Å². The van der Waals surface area contributed by atoms with Crippen LogP contribution in [0.1, 0.15) is 40.0 Å². The molecule has 0 amide bonds. The van der Waals surface area contributed by atoms with Gasteiger partial charge in [-0.15, -0.1) is 0 Å². The molecule has 0 fully saturated rings. The molecule has 2 unspecified atom stereocenters. The molecule has 0 saturated carbocycles. The summed E-state index contributed by atoms with van der Waals surface area (Å²) in [6.07, 6.45) is 3.14. The maximum Gasteiger partial charge on any atom is 0.151 e. The van der Waals surface area contributed by atoms with E-state index in [9.17, 15) is 0 Å². The zero-order valence-corrected chi connectivity index (χ0v) is 10.8.